The highest BCUT2D eigenvalue weighted by molar-refractivity contribution is 6.32. The fourth-order valence-corrected chi connectivity index (χ4v) is 1.63. The maximum absolute atomic E-state index is 5.93. The van der Waals surface area contributed by atoms with Crippen molar-refractivity contribution in [3.63, 3.8) is 0 Å². The number of aliphatic imine (C=N–C) groups is 1. The summed E-state index contributed by atoms with van der Waals surface area (Å²) >= 11 is 5.93. The molecule has 86 valence electrons. The Morgan fingerprint density at radius 3 is 2.71 bits per heavy atom. The minimum atomic E-state index is 0.377. The zero-order chi connectivity index (χ0) is 12.1. The van der Waals surface area contributed by atoms with E-state index in [1.165, 1.54) is 0 Å². The molecule has 0 fully saturated rings. The lowest BCUT2D eigenvalue weighted by atomic mass is 10.2. The first kappa shape index (κ1) is 11.6. The largest absolute Gasteiger partial charge is 0.398 e. The first-order valence-corrected chi connectivity index (χ1v) is 5.59. The van der Waals surface area contributed by atoms with E-state index in [0.717, 1.165) is 5.56 Å². The molecule has 0 radical (unpaired) electrons. The molecule has 1 heterocycles. The summed E-state index contributed by atoms with van der Waals surface area (Å²) in [6.07, 6.45) is 3.24. The van der Waals surface area contributed by atoms with Gasteiger partial charge in [0.2, 0.25) is 0 Å². The molecular weight excluding hydrogens is 234 g/mol. The molecule has 0 atom stereocenters. The zero-order valence-electron chi connectivity index (χ0n) is 9.18. The second-order valence-electron chi connectivity index (χ2n) is 3.56. The van der Waals surface area contributed by atoms with Crippen LogP contribution in [0.4, 0.5) is 5.69 Å². The van der Waals surface area contributed by atoms with Crippen molar-refractivity contribution in [1.82, 2.24) is 4.98 Å². The molecule has 0 aliphatic carbocycles. The van der Waals surface area contributed by atoms with Crippen LogP contribution in [0.2, 0.25) is 5.15 Å². The van der Waals surface area contributed by atoms with Crippen molar-refractivity contribution < 1.29 is 0 Å². The van der Waals surface area contributed by atoms with Crippen LogP contribution in [0.5, 0.6) is 0 Å². The predicted octanol–water partition coefficient (Wildman–Crippen LogP) is 2.94. The summed E-state index contributed by atoms with van der Waals surface area (Å²) in [7, 11) is 0. The van der Waals surface area contributed by atoms with Crippen molar-refractivity contribution in [2.24, 2.45) is 4.99 Å². The van der Waals surface area contributed by atoms with Crippen LogP contribution in [0, 0.1) is 0 Å². The van der Waals surface area contributed by atoms with Gasteiger partial charge in [0.15, 0.2) is 0 Å². The Kier molecular flexibility index (Phi) is 3.73. The average molecular weight is 246 g/mol. The molecule has 0 saturated carbocycles. The van der Waals surface area contributed by atoms with Gasteiger partial charge in [-0.1, -0.05) is 41.9 Å². The lowest BCUT2D eigenvalue weighted by Gasteiger charge is -2.01. The molecule has 0 bridgehead atoms. The molecule has 2 N–H and O–H groups in total. The summed E-state index contributed by atoms with van der Waals surface area (Å²) in [5, 5.41) is 0.377. The SMILES string of the molecule is Nc1ccnc(Cl)c1/C=N/Cc1ccccc1. The van der Waals surface area contributed by atoms with Crippen molar-refractivity contribution in [3.05, 3.63) is 58.9 Å². The van der Waals surface area contributed by atoms with Crippen molar-refractivity contribution in [2.45, 2.75) is 6.54 Å². The zero-order valence-corrected chi connectivity index (χ0v) is 9.93. The maximum atomic E-state index is 5.93. The van der Waals surface area contributed by atoms with Gasteiger partial charge < -0.3 is 5.73 Å². The third-order valence-corrected chi connectivity index (χ3v) is 2.61. The highest BCUT2D eigenvalue weighted by Crippen LogP contribution is 2.16. The Morgan fingerprint density at radius 2 is 2.00 bits per heavy atom. The van der Waals surface area contributed by atoms with Gasteiger partial charge in [-0.05, 0) is 11.6 Å². The van der Waals surface area contributed by atoms with Crippen LogP contribution < -0.4 is 5.73 Å². The number of nitrogens with zero attached hydrogens (tertiary/aromatic N) is 2. The topological polar surface area (TPSA) is 51.3 Å². The molecule has 1 aromatic carbocycles. The van der Waals surface area contributed by atoms with E-state index in [1.54, 1.807) is 18.5 Å². The first-order valence-electron chi connectivity index (χ1n) is 5.21. The average Bonchev–Trinajstić information content (AvgIpc) is 2.34. The van der Waals surface area contributed by atoms with Crippen LogP contribution in [0.1, 0.15) is 11.1 Å². The highest BCUT2D eigenvalue weighted by Gasteiger charge is 2.01. The van der Waals surface area contributed by atoms with Crippen molar-refractivity contribution in [2.75, 3.05) is 5.73 Å². The van der Waals surface area contributed by atoms with Gasteiger partial charge in [0.05, 0.1) is 12.1 Å². The van der Waals surface area contributed by atoms with Crippen molar-refractivity contribution in [3.8, 4) is 0 Å². The third kappa shape index (κ3) is 3.04. The van der Waals surface area contributed by atoms with Crippen molar-refractivity contribution in [1.29, 1.82) is 0 Å². The third-order valence-electron chi connectivity index (χ3n) is 2.31. The molecule has 0 saturated heterocycles. The van der Waals surface area contributed by atoms with Gasteiger partial charge >= 0.3 is 0 Å². The predicted molar refractivity (Wildman–Crippen MR) is 71.4 cm³/mol. The summed E-state index contributed by atoms with van der Waals surface area (Å²) in [5.41, 5.74) is 8.18. The molecule has 0 spiro atoms. The molecule has 4 heteroatoms. The summed E-state index contributed by atoms with van der Waals surface area (Å²) in [4.78, 5) is 8.26. The van der Waals surface area contributed by atoms with E-state index in [4.69, 9.17) is 17.3 Å². The van der Waals surface area contributed by atoms with Crippen LogP contribution in [-0.2, 0) is 6.54 Å². The minimum Gasteiger partial charge on any atom is -0.398 e. The summed E-state index contributed by atoms with van der Waals surface area (Å²) in [6.45, 7) is 0.603. The minimum absolute atomic E-state index is 0.377. The van der Waals surface area contributed by atoms with Crippen molar-refractivity contribution >= 4 is 23.5 Å². The monoisotopic (exact) mass is 245 g/mol. The Morgan fingerprint density at radius 1 is 1.24 bits per heavy atom. The molecule has 2 rings (SSSR count). The smallest absolute Gasteiger partial charge is 0.139 e. The number of hydrogen-bond acceptors (Lipinski definition) is 3. The van der Waals surface area contributed by atoms with E-state index < -0.39 is 0 Å². The van der Waals surface area contributed by atoms with Gasteiger partial charge in [-0.15, -0.1) is 0 Å². The van der Waals surface area contributed by atoms with E-state index in [9.17, 15) is 0 Å². The normalized spacial score (nSPS) is 10.9. The molecule has 3 nitrogen and oxygen atoms in total. The number of hydrogen-bond donors (Lipinski definition) is 1. The van der Waals surface area contributed by atoms with E-state index in [2.05, 4.69) is 9.98 Å². The lowest BCUT2D eigenvalue weighted by molar-refractivity contribution is 1.08. The maximum Gasteiger partial charge on any atom is 0.139 e. The Bertz CT molecular complexity index is 503. The summed E-state index contributed by atoms with van der Waals surface area (Å²) < 4.78 is 0. The van der Waals surface area contributed by atoms with Crippen LogP contribution in [0.3, 0.4) is 0 Å². The number of halogens is 1. The Balaban J connectivity index is 2.11. The van der Waals surface area contributed by atoms with Gasteiger partial charge in [0.1, 0.15) is 5.15 Å². The fraction of sp³-hybridized carbons (Fsp3) is 0.0769. The number of rotatable bonds is 3. The van der Waals surface area contributed by atoms with Crippen LogP contribution in [0.15, 0.2) is 47.6 Å². The molecule has 2 aromatic rings. The quantitative estimate of drug-likeness (QED) is 0.668. The second-order valence-corrected chi connectivity index (χ2v) is 3.92. The van der Waals surface area contributed by atoms with Gasteiger partial charge in [0, 0.05) is 18.1 Å². The number of nitrogen functional groups attached to an aromatic ring is 1. The van der Waals surface area contributed by atoms with Gasteiger partial charge in [0.25, 0.3) is 0 Å². The van der Waals surface area contributed by atoms with Crippen LogP contribution in [-0.4, -0.2) is 11.2 Å². The van der Waals surface area contributed by atoms with E-state index in [0.29, 0.717) is 22.9 Å². The lowest BCUT2D eigenvalue weighted by Crippen LogP contribution is -1.96. The first-order chi connectivity index (χ1) is 8.27. The standard InChI is InChI=1S/C13H12ClN3/c14-13-11(12(15)6-7-17-13)9-16-8-10-4-2-1-3-5-10/h1-7,9H,8H2,(H2,15,17)/b16-9+. The summed E-state index contributed by atoms with van der Waals surface area (Å²) in [6, 6.07) is 11.7. The molecule has 17 heavy (non-hydrogen) atoms. The van der Waals surface area contributed by atoms with E-state index in [-0.39, 0.29) is 0 Å². The Hall–Kier alpha value is -1.87. The molecular formula is C13H12ClN3. The molecule has 1 aromatic heterocycles. The molecule has 0 aliphatic rings. The van der Waals surface area contributed by atoms with E-state index in [1.807, 2.05) is 30.3 Å². The molecule has 0 aliphatic heterocycles. The number of anilines is 1. The number of pyridine rings is 1. The molecule has 0 amide bonds. The van der Waals surface area contributed by atoms with Crippen LogP contribution in [0.25, 0.3) is 0 Å². The van der Waals surface area contributed by atoms with Gasteiger partial charge in [-0.25, -0.2) is 4.98 Å². The second kappa shape index (κ2) is 5.46. The van der Waals surface area contributed by atoms with Crippen LogP contribution >= 0.6 is 11.6 Å². The van der Waals surface area contributed by atoms with Gasteiger partial charge in [-0.2, -0.15) is 0 Å². The Labute approximate surface area is 105 Å². The number of aromatic nitrogens is 1. The molecule has 0 unspecified atom stereocenters. The van der Waals surface area contributed by atoms with Gasteiger partial charge in [-0.3, -0.25) is 4.99 Å². The fourth-order valence-electron chi connectivity index (χ4n) is 1.41. The summed E-state index contributed by atoms with van der Waals surface area (Å²) in [5.74, 6) is 0. The van der Waals surface area contributed by atoms with E-state index >= 15 is 0 Å². The number of benzene rings is 1. The number of nitrogens with two attached hydrogens (primary N) is 1. The highest BCUT2D eigenvalue weighted by atomic mass is 35.5.